The number of ketones is 1. The average Bonchev–Trinajstić information content (AvgIpc) is 2.00. The molecule has 0 radical (unpaired) electrons. The van der Waals surface area contributed by atoms with Gasteiger partial charge in [0, 0.05) is 12.3 Å². The third-order valence-corrected chi connectivity index (χ3v) is 3.19. The molecule has 1 atom stereocenters. The van der Waals surface area contributed by atoms with E-state index < -0.39 is 9.93 Å². The van der Waals surface area contributed by atoms with E-state index in [0.717, 1.165) is 0 Å². The van der Waals surface area contributed by atoms with Gasteiger partial charge in [-0.3, -0.25) is 9.59 Å². The van der Waals surface area contributed by atoms with Crippen LogP contribution < -0.4 is 0 Å². The smallest absolute Gasteiger partial charge is 0.306 e. The highest BCUT2D eigenvalue weighted by atomic mass is 35.5. The normalized spacial score (nSPS) is 24.6. The largest absolute Gasteiger partial charge is 0.460 e. The quantitative estimate of drug-likeness (QED) is 0.561. The zero-order valence-corrected chi connectivity index (χ0v) is 10.5. The minimum absolute atomic E-state index is 0.0933. The van der Waals surface area contributed by atoms with Crippen molar-refractivity contribution in [3.63, 3.8) is 0 Å². The molecule has 1 rings (SSSR count). The Labute approximate surface area is 99.1 Å². The molecule has 0 aliphatic heterocycles. The minimum atomic E-state index is -1.39. The van der Waals surface area contributed by atoms with Crippen molar-refractivity contribution in [2.45, 2.75) is 43.5 Å². The molecule has 5 heteroatoms. The standard InChI is InChI=1S/C10H14Cl2O3/c1-9(2,3)15-8(14)5-6-4-7(13)10(6,11)12/h6H,4-5H2,1-3H3. The topological polar surface area (TPSA) is 43.4 Å². The van der Waals surface area contributed by atoms with E-state index in [1.54, 1.807) is 20.8 Å². The SMILES string of the molecule is CC(C)(C)OC(=O)CC1CC(=O)C1(Cl)Cl. The van der Waals surface area contributed by atoms with Gasteiger partial charge in [-0.05, 0) is 20.8 Å². The summed E-state index contributed by atoms with van der Waals surface area (Å²) in [5.41, 5.74) is -0.522. The van der Waals surface area contributed by atoms with E-state index in [1.807, 2.05) is 0 Å². The summed E-state index contributed by atoms with van der Waals surface area (Å²) < 4.78 is 3.71. The van der Waals surface area contributed by atoms with Crippen LogP contribution in [0.1, 0.15) is 33.6 Å². The lowest BCUT2D eigenvalue weighted by molar-refractivity contribution is -0.157. The highest BCUT2D eigenvalue weighted by molar-refractivity contribution is 6.60. The third-order valence-electron chi connectivity index (χ3n) is 2.15. The van der Waals surface area contributed by atoms with Crippen LogP contribution in [-0.4, -0.2) is 21.7 Å². The summed E-state index contributed by atoms with van der Waals surface area (Å²) in [5, 5.41) is 0. The van der Waals surface area contributed by atoms with Crippen LogP contribution in [0.3, 0.4) is 0 Å². The first kappa shape index (κ1) is 12.8. The summed E-state index contributed by atoms with van der Waals surface area (Å²) in [4.78, 5) is 22.4. The predicted octanol–water partition coefficient (Wildman–Crippen LogP) is 2.48. The number of ether oxygens (including phenoxy) is 1. The number of esters is 1. The Kier molecular flexibility index (Phi) is 3.36. The first-order valence-corrected chi connectivity index (χ1v) is 5.51. The molecule has 1 saturated carbocycles. The number of rotatable bonds is 2. The molecule has 0 amide bonds. The van der Waals surface area contributed by atoms with Gasteiger partial charge in [-0.25, -0.2) is 0 Å². The van der Waals surface area contributed by atoms with Crippen molar-refractivity contribution in [1.82, 2.24) is 0 Å². The van der Waals surface area contributed by atoms with Crippen molar-refractivity contribution in [3.05, 3.63) is 0 Å². The maximum atomic E-state index is 11.4. The number of Topliss-reactive ketones (excluding diaryl/α,β-unsaturated/α-hetero) is 1. The molecular weight excluding hydrogens is 239 g/mol. The Morgan fingerprint density at radius 3 is 2.40 bits per heavy atom. The summed E-state index contributed by atoms with van der Waals surface area (Å²) >= 11 is 11.5. The predicted molar refractivity (Wildman–Crippen MR) is 58.0 cm³/mol. The van der Waals surface area contributed by atoms with Gasteiger partial charge in [0.25, 0.3) is 0 Å². The molecule has 0 spiro atoms. The molecule has 0 aromatic heterocycles. The molecule has 0 saturated heterocycles. The zero-order valence-electron chi connectivity index (χ0n) is 8.97. The maximum Gasteiger partial charge on any atom is 0.306 e. The molecule has 15 heavy (non-hydrogen) atoms. The molecule has 0 aromatic carbocycles. The van der Waals surface area contributed by atoms with E-state index in [9.17, 15) is 9.59 Å². The van der Waals surface area contributed by atoms with Crippen LogP contribution in [0.2, 0.25) is 0 Å². The second-order valence-electron chi connectivity index (χ2n) is 4.74. The summed E-state index contributed by atoms with van der Waals surface area (Å²) in [5.74, 6) is -0.909. The molecule has 1 unspecified atom stereocenters. The van der Waals surface area contributed by atoms with E-state index in [4.69, 9.17) is 27.9 Å². The fourth-order valence-electron chi connectivity index (χ4n) is 1.37. The number of halogens is 2. The monoisotopic (exact) mass is 252 g/mol. The van der Waals surface area contributed by atoms with E-state index in [2.05, 4.69) is 0 Å². The second kappa shape index (κ2) is 3.95. The van der Waals surface area contributed by atoms with Crippen molar-refractivity contribution < 1.29 is 14.3 Å². The van der Waals surface area contributed by atoms with Crippen molar-refractivity contribution in [2.75, 3.05) is 0 Å². The Hall–Kier alpha value is -0.280. The molecule has 0 N–H and O–H groups in total. The lowest BCUT2D eigenvalue weighted by Crippen LogP contribution is -2.48. The van der Waals surface area contributed by atoms with Gasteiger partial charge in [0.2, 0.25) is 0 Å². The van der Waals surface area contributed by atoms with E-state index in [-0.39, 0.29) is 30.5 Å². The molecule has 3 nitrogen and oxygen atoms in total. The Morgan fingerprint density at radius 2 is 2.07 bits per heavy atom. The molecule has 1 aliphatic carbocycles. The van der Waals surface area contributed by atoms with Crippen LogP contribution >= 0.6 is 23.2 Å². The third kappa shape index (κ3) is 3.08. The van der Waals surface area contributed by atoms with Crippen molar-refractivity contribution in [1.29, 1.82) is 0 Å². The van der Waals surface area contributed by atoms with Gasteiger partial charge in [-0.15, -0.1) is 0 Å². The van der Waals surface area contributed by atoms with Gasteiger partial charge in [-0.1, -0.05) is 23.2 Å². The average molecular weight is 253 g/mol. The van der Waals surface area contributed by atoms with Crippen LogP contribution in [0.15, 0.2) is 0 Å². The zero-order chi connectivity index (χ0) is 11.9. The molecule has 1 fully saturated rings. The van der Waals surface area contributed by atoms with E-state index in [1.165, 1.54) is 0 Å². The Bertz CT molecular complexity index is 292. The van der Waals surface area contributed by atoms with Crippen LogP contribution in [0.4, 0.5) is 0 Å². The lowest BCUT2D eigenvalue weighted by atomic mass is 9.80. The molecule has 0 aromatic rings. The first-order chi connectivity index (χ1) is 6.63. The Balaban J connectivity index is 2.45. The van der Waals surface area contributed by atoms with Gasteiger partial charge < -0.3 is 4.74 Å². The highest BCUT2D eigenvalue weighted by Gasteiger charge is 2.53. The van der Waals surface area contributed by atoms with Crippen molar-refractivity contribution in [2.24, 2.45) is 5.92 Å². The molecule has 1 aliphatic rings. The van der Waals surface area contributed by atoms with Gasteiger partial charge in [-0.2, -0.15) is 0 Å². The van der Waals surface area contributed by atoms with Crippen LogP contribution in [-0.2, 0) is 14.3 Å². The number of carbonyl (C=O) groups excluding carboxylic acids is 2. The summed E-state index contributed by atoms with van der Waals surface area (Å²) in [7, 11) is 0. The molecule has 0 heterocycles. The fourth-order valence-corrected chi connectivity index (χ4v) is 1.83. The van der Waals surface area contributed by atoms with E-state index >= 15 is 0 Å². The van der Waals surface area contributed by atoms with E-state index in [0.29, 0.717) is 0 Å². The molecule has 86 valence electrons. The first-order valence-electron chi connectivity index (χ1n) is 4.76. The maximum absolute atomic E-state index is 11.4. The van der Waals surface area contributed by atoms with Crippen LogP contribution in [0.5, 0.6) is 0 Å². The number of hydrogen-bond donors (Lipinski definition) is 0. The summed E-state index contributed by atoms with van der Waals surface area (Å²) in [6, 6.07) is 0. The van der Waals surface area contributed by atoms with Gasteiger partial charge in [0.05, 0.1) is 6.42 Å². The fraction of sp³-hybridized carbons (Fsp3) is 0.800. The minimum Gasteiger partial charge on any atom is -0.460 e. The van der Waals surface area contributed by atoms with Gasteiger partial charge in [0.15, 0.2) is 10.1 Å². The van der Waals surface area contributed by atoms with Crippen molar-refractivity contribution >= 4 is 35.0 Å². The van der Waals surface area contributed by atoms with Crippen LogP contribution in [0.25, 0.3) is 0 Å². The molecule has 0 bridgehead atoms. The Morgan fingerprint density at radius 1 is 1.53 bits per heavy atom. The van der Waals surface area contributed by atoms with Crippen molar-refractivity contribution in [3.8, 4) is 0 Å². The van der Waals surface area contributed by atoms with Gasteiger partial charge in [0.1, 0.15) is 5.60 Å². The highest BCUT2D eigenvalue weighted by Crippen LogP contribution is 2.46. The summed E-state index contributed by atoms with van der Waals surface area (Å²) in [6.45, 7) is 5.35. The number of hydrogen-bond acceptors (Lipinski definition) is 3. The summed E-state index contributed by atoms with van der Waals surface area (Å²) in [6.07, 6.45) is 0.349. The van der Waals surface area contributed by atoms with Crippen LogP contribution in [0, 0.1) is 5.92 Å². The number of alkyl halides is 2. The molecular formula is C10H14Cl2O3. The lowest BCUT2D eigenvalue weighted by Gasteiger charge is -2.37. The van der Waals surface area contributed by atoms with Gasteiger partial charge >= 0.3 is 5.97 Å². The second-order valence-corrected chi connectivity index (χ2v) is 6.12. The number of carbonyl (C=O) groups is 2.